The maximum Gasteiger partial charge on any atom is 0.519 e. The van der Waals surface area contributed by atoms with E-state index < -0.39 is 11.8 Å². The fourth-order valence-corrected chi connectivity index (χ4v) is 2.90. The van der Waals surface area contributed by atoms with Gasteiger partial charge in [-0.2, -0.15) is 0 Å². The molecule has 0 atom stereocenters. The van der Waals surface area contributed by atoms with Crippen molar-refractivity contribution in [3.8, 4) is 0 Å². The zero-order chi connectivity index (χ0) is 19.4. The highest BCUT2D eigenvalue weighted by molar-refractivity contribution is 6.39. The lowest BCUT2D eigenvalue weighted by atomic mass is 10.1. The monoisotopic (exact) mass is 407 g/mol. The largest absolute Gasteiger partial charge is 0.519 e. The molecule has 0 amide bonds. The number of ether oxygens (including phenoxy) is 1. The summed E-state index contributed by atoms with van der Waals surface area (Å²) < 4.78 is 14.7. The van der Waals surface area contributed by atoms with E-state index in [1.54, 1.807) is 37.3 Å². The van der Waals surface area contributed by atoms with Crippen LogP contribution in [-0.2, 0) is 22.6 Å². The van der Waals surface area contributed by atoms with Crippen LogP contribution < -0.4 is 11.1 Å². The summed E-state index contributed by atoms with van der Waals surface area (Å²) in [6.07, 6.45) is 0.00633. The number of halogens is 2. The van der Waals surface area contributed by atoms with Gasteiger partial charge in [-0.05, 0) is 30.7 Å². The van der Waals surface area contributed by atoms with Gasteiger partial charge in [-0.1, -0.05) is 47.5 Å². The molecule has 8 heteroatoms. The first-order valence-corrected chi connectivity index (χ1v) is 8.73. The maximum atomic E-state index is 12.2. The van der Waals surface area contributed by atoms with E-state index in [1.165, 1.54) is 0 Å². The second-order valence-corrected chi connectivity index (χ2v) is 6.46. The van der Waals surface area contributed by atoms with Crippen LogP contribution in [0.3, 0.4) is 0 Å². The molecule has 0 aliphatic carbocycles. The van der Waals surface area contributed by atoms with Crippen LogP contribution in [0.2, 0.25) is 10.0 Å². The summed E-state index contributed by atoms with van der Waals surface area (Å²) in [4.78, 5) is 23.2. The summed E-state index contributed by atoms with van der Waals surface area (Å²) in [6, 6.07) is 12.4. The molecule has 0 saturated heterocycles. The molecule has 3 rings (SSSR count). The Balaban J connectivity index is 1.71. The normalized spacial score (nSPS) is 10.6. The summed E-state index contributed by atoms with van der Waals surface area (Å²) in [5.74, 6) is -0.853. The number of nitrogens with one attached hydrogen (secondary N) is 1. The molecular weight excluding hydrogens is 393 g/mol. The van der Waals surface area contributed by atoms with Crippen molar-refractivity contribution >= 4 is 40.5 Å². The third kappa shape index (κ3) is 4.72. The molecule has 27 heavy (non-hydrogen) atoms. The molecule has 1 aromatic heterocycles. The maximum absolute atomic E-state index is 12.2. The van der Waals surface area contributed by atoms with Gasteiger partial charge in [0.25, 0.3) is 0 Å². The first-order chi connectivity index (χ1) is 12.9. The first-order valence-electron chi connectivity index (χ1n) is 7.98. The lowest BCUT2D eigenvalue weighted by Crippen LogP contribution is -2.10. The Morgan fingerprint density at radius 3 is 2.44 bits per heavy atom. The first kappa shape index (κ1) is 19.1. The molecule has 3 aromatic rings. The average molecular weight is 408 g/mol. The standard InChI is InChI=1S/C19H15Cl2NO5/c1-11-16(27-19(24)26-11)10-25-17(23)9-12-5-2-3-8-15(12)22-18-13(20)6-4-7-14(18)21/h2-8,22H,9-10H2,1H3. The predicted molar refractivity (Wildman–Crippen MR) is 102 cm³/mol. The van der Waals surface area contributed by atoms with Crippen LogP contribution in [0.25, 0.3) is 0 Å². The number of benzene rings is 2. The van der Waals surface area contributed by atoms with E-state index in [0.29, 0.717) is 27.0 Å². The van der Waals surface area contributed by atoms with E-state index in [-0.39, 0.29) is 24.5 Å². The van der Waals surface area contributed by atoms with E-state index in [0.717, 1.165) is 0 Å². The van der Waals surface area contributed by atoms with E-state index in [9.17, 15) is 9.59 Å². The van der Waals surface area contributed by atoms with Crippen molar-refractivity contribution in [2.45, 2.75) is 20.0 Å². The molecule has 6 nitrogen and oxygen atoms in total. The van der Waals surface area contributed by atoms with E-state index in [4.69, 9.17) is 36.8 Å². The minimum atomic E-state index is -0.829. The quantitative estimate of drug-likeness (QED) is 0.586. The van der Waals surface area contributed by atoms with Crippen molar-refractivity contribution in [2.24, 2.45) is 0 Å². The highest BCUT2D eigenvalue weighted by Gasteiger charge is 2.14. The van der Waals surface area contributed by atoms with Gasteiger partial charge in [0.1, 0.15) is 0 Å². The van der Waals surface area contributed by atoms with Crippen LogP contribution >= 0.6 is 23.2 Å². The third-order valence-electron chi connectivity index (χ3n) is 3.77. The molecule has 0 fully saturated rings. The predicted octanol–water partition coefficient (Wildman–Crippen LogP) is 4.88. The second kappa shape index (κ2) is 8.33. The van der Waals surface area contributed by atoms with Crippen LogP contribution in [-0.4, -0.2) is 5.97 Å². The lowest BCUT2D eigenvalue weighted by molar-refractivity contribution is -0.144. The smallest absolute Gasteiger partial charge is 0.457 e. The summed E-state index contributed by atoms with van der Waals surface area (Å²) >= 11 is 12.4. The van der Waals surface area contributed by atoms with Crippen LogP contribution in [0.1, 0.15) is 17.1 Å². The molecule has 0 spiro atoms. The van der Waals surface area contributed by atoms with E-state index >= 15 is 0 Å². The van der Waals surface area contributed by atoms with Crippen molar-refractivity contribution in [3.05, 3.63) is 80.2 Å². The summed E-state index contributed by atoms with van der Waals surface area (Å²) in [6.45, 7) is 1.38. The highest BCUT2D eigenvalue weighted by Crippen LogP contribution is 2.33. The van der Waals surface area contributed by atoms with Gasteiger partial charge in [-0.25, -0.2) is 4.79 Å². The summed E-state index contributed by atoms with van der Waals surface area (Å²) in [7, 11) is 0. The third-order valence-corrected chi connectivity index (χ3v) is 4.40. The Labute approximate surface area is 164 Å². The van der Waals surface area contributed by atoms with Crippen molar-refractivity contribution in [1.82, 2.24) is 0 Å². The van der Waals surface area contributed by atoms with Gasteiger partial charge < -0.3 is 18.9 Å². The molecule has 1 N–H and O–H groups in total. The van der Waals surface area contributed by atoms with Gasteiger partial charge in [-0.3, -0.25) is 4.79 Å². The fourth-order valence-electron chi connectivity index (χ4n) is 2.41. The average Bonchev–Trinajstić information content (AvgIpc) is 2.95. The van der Waals surface area contributed by atoms with E-state index in [1.807, 2.05) is 12.1 Å². The Hall–Kier alpha value is -2.70. The topological polar surface area (TPSA) is 81.7 Å². The molecule has 1 heterocycles. The molecule has 0 saturated carbocycles. The molecule has 0 aliphatic heterocycles. The van der Waals surface area contributed by atoms with Crippen LogP contribution in [0, 0.1) is 6.92 Å². The van der Waals surface area contributed by atoms with Crippen LogP contribution in [0.4, 0.5) is 11.4 Å². The number of aryl methyl sites for hydroxylation is 1. The number of hydrogen-bond acceptors (Lipinski definition) is 6. The van der Waals surface area contributed by atoms with Crippen molar-refractivity contribution in [1.29, 1.82) is 0 Å². The van der Waals surface area contributed by atoms with Gasteiger partial charge in [-0.15, -0.1) is 0 Å². The molecule has 0 unspecified atom stereocenters. The van der Waals surface area contributed by atoms with Gasteiger partial charge in [0.05, 0.1) is 22.2 Å². The minimum Gasteiger partial charge on any atom is -0.457 e. The Kier molecular flexibility index (Phi) is 5.88. The Morgan fingerprint density at radius 1 is 1.07 bits per heavy atom. The number of anilines is 2. The molecule has 2 aromatic carbocycles. The summed E-state index contributed by atoms with van der Waals surface area (Å²) in [5, 5.41) is 4.08. The van der Waals surface area contributed by atoms with Crippen molar-refractivity contribution in [2.75, 3.05) is 5.32 Å². The number of esters is 1. The molecular formula is C19H15Cl2NO5. The van der Waals surface area contributed by atoms with Crippen molar-refractivity contribution in [3.63, 3.8) is 0 Å². The van der Waals surface area contributed by atoms with Gasteiger partial charge in [0.2, 0.25) is 0 Å². The van der Waals surface area contributed by atoms with Gasteiger partial charge in [0.15, 0.2) is 18.1 Å². The zero-order valence-corrected chi connectivity index (χ0v) is 15.8. The fraction of sp³-hybridized carbons (Fsp3) is 0.158. The van der Waals surface area contributed by atoms with Crippen LogP contribution in [0.15, 0.2) is 56.1 Å². The Bertz CT molecular complexity index is 1000. The number of para-hydroxylation sites is 2. The van der Waals surface area contributed by atoms with Gasteiger partial charge >= 0.3 is 11.8 Å². The number of hydrogen-bond donors (Lipinski definition) is 1. The molecule has 0 radical (unpaired) electrons. The second-order valence-electron chi connectivity index (χ2n) is 5.65. The highest BCUT2D eigenvalue weighted by atomic mass is 35.5. The SMILES string of the molecule is Cc1oc(=O)oc1COC(=O)Cc1ccccc1Nc1c(Cl)cccc1Cl. The zero-order valence-electron chi connectivity index (χ0n) is 14.3. The number of rotatable bonds is 6. The lowest BCUT2D eigenvalue weighted by Gasteiger charge is -2.14. The van der Waals surface area contributed by atoms with Crippen LogP contribution in [0.5, 0.6) is 0 Å². The van der Waals surface area contributed by atoms with Crippen molar-refractivity contribution < 1.29 is 18.4 Å². The molecule has 140 valence electrons. The molecule has 0 bridgehead atoms. The number of carbonyl (C=O) groups is 1. The molecule has 0 aliphatic rings. The van der Waals surface area contributed by atoms with Gasteiger partial charge in [0, 0.05) is 5.69 Å². The van der Waals surface area contributed by atoms with E-state index in [2.05, 4.69) is 5.32 Å². The minimum absolute atomic E-state index is 0.00633. The summed E-state index contributed by atoms with van der Waals surface area (Å²) in [5.41, 5.74) is 1.93. The number of carbonyl (C=O) groups excluding carboxylic acids is 1. The Morgan fingerprint density at radius 2 is 1.78 bits per heavy atom.